The molecule has 4 aliphatic carbocycles. The van der Waals surface area contributed by atoms with E-state index in [1.807, 2.05) is 12.3 Å². The maximum atomic E-state index is 6.79. The average molecular weight is 285 g/mol. The molecule has 3 heteroatoms. The van der Waals surface area contributed by atoms with E-state index < -0.39 is 0 Å². The van der Waals surface area contributed by atoms with Crippen molar-refractivity contribution < 1.29 is 0 Å². The van der Waals surface area contributed by atoms with E-state index in [1.54, 1.807) is 6.20 Å². The first-order valence-corrected chi connectivity index (χ1v) is 8.28. The molecule has 4 aliphatic rings. The number of anilines is 1. The largest absolute Gasteiger partial charge is 0.398 e. The molecule has 0 radical (unpaired) electrons. The van der Waals surface area contributed by atoms with Crippen LogP contribution < -0.4 is 11.5 Å². The summed E-state index contributed by atoms with van der Waals surface area (Å²) in [6, 6.07) is 1.92. The van der Waals surface area contributed by atoms with Crippen molar-refractivity contribution in [1.29, 1.82) is 0 Å². The number of aromatic nitrogens is 1. The fraction of sp³-hybridized carbons (Fsp3) is 0.722. The lowest BCUT2D eigenvalue weighted by Crippen LogP contribution is -2.58. The van der Waals surface area contributed by atoms with Crippen LogP contribution in [0.15, 0.2) is 18.5 Å². The summed E-state index contributed by atoms with van der Waals surface area (Å²) in [5, 5.41) is 0. The fourth-order valence-electron chi connectivity index (χ4n) is 6.89. The summed E-state index contributed by atoms with van der Waals surface area (Å²) in [5.74, 6) is 0.861. The minimum Gasteiger partial charge on any atom is -0.398 e. The topological polar surface area (TPSA) is 64.9 Å². The first-order valence-electron chi connectivity index (χ1n) is 8.28. The van der Waals surface area contributed by atoms with Crippen molar-refractivity contribution in [3.63, 3.8) is 0 Å². The molecule has 0 spiro atoms. The van der Waals surface area contributed by atoms with Crippen LogP contribution in [0.4, 0.5) is 5.69 Å². The van der Waals surface area contributed by atoms with E-state index in [0.717, 1.165) is 17.2 Å². The third kappa shape index (κ3) is 1.93. The highest BCUT2D eigenvalue weighted by Crippen LogP contribution is 2.71. The zero-order valence-electron chi connectivity index (χ0n) is 13.2. The van der Waals surface area contributed by atoms with Crippen LogP contribution in [-0.2, 0) is 0 Å². The van der Waals surface area contributed by atoms with E-state index in [9.17, 15) is 0 Å². The van der Waals surface area contributed by atoms with Crippen LogP contribution in [0.1, 0.15) is 64.0 Å². The number of rotatable bonds is 2. The normalized spacial score (nSPS) is 45.8. The van der Waals surface area contributed by atoms with Gasteiger partial charge in [-0.3, -0.25) is 4.98 Å². The summed E-state index contributed by atoms with van der Waals surface area (Å²) in [6.45, 7) is 4.98. The van der Waals surface area contributed by atoms with Gasteiger partial charge in [0.1, 0.15) is 0 Å². The first kappa shape index (κ1) is 13.6. The van der Waals surface area contributed by atoms with Crippen molar-refractivity contribution in [2.24, 2.45) is 27.9 Å². The molecule has 0 aliphatic heterocycles. The fourth-order valence-corrected chi connectivity index (χ4v) is 6.89. The van der Waals surface area contributed by atoms with Gasteiger partial charge in [0.15, 0.2) is 0 Å². The van der Waals surface area contributed by atoms with E-state index >= 15 is 0 Å². The summed E-state index contributed by atoms with van der Waals surface area (Å²) < 4.78 is 0. The molecule has 3 nitrogen and oxygen atoms in total. The molecule has 4 N–H and O–H groups in total. The summed E-state index contributed by atoms with van der Waals surface area (Å²) in [7, 11) is 0. The third-order valence-corrected chi connectivity index (χ3v) is 6.55. The van der Waals surface area contributed by atoms with Crippen LogP contribution in [0.3, 0.4) is 0 Å². The third-order valence-electron chi connectivity index (χ3n) is 6.55. The van der Waals surface area contributed by atoms with Gasteiger partial charge in [0.25, 0.3) is 0 Å². The predicted molar refractivity (Wildman–Crippen MR) is 85.4 cm³/mol. The molecular formula is C18H27N3. The van der Waals surface area contributed by atoms with Crippen LogP contribution in [-0.4, -0.2) is 4.98 Å². The molecule has 4 saturated carbocycles. The van der Waals surface area contributed by atoms with Gasteiger partial charge >= 0.3 is 0 Å². The van der Waals surface area contributed by atoms with Gasteiger partial charge in [0.05, 0.1) is 0 Å². The second-order valence-electron chi connectivity index (χ2n) is 8.97. The van der Waals surface area contributed by atoms with Gasteiger partial charge < -0.3 is 11.5 Å². The molecule has 1 heterocycles. The number of hydrogen-bond donors (Lipinski definition) is 2. The molecule has 5 rings (SSSR count). The number of pyridine rings is 1. The molecule has 0 aromatic carbocycles. The lowest BCUT2D eigenvalue weighted by atomic mass is 9.39. The summed E-state index contributed by atoms with van der Waals surface area (Å²) in [5.41, 5.74) is 16.1. The summed E-state index contributed by atoms with van der Waals surface area (Å²) in [6.07, 6.45) is 11.7. The van der Waals surface area contributed by atoms with Crippen molar-refractivity contribution in [3.05, 3.63) is 24.0 Å². The SMILES string of the molecule is CC12CC3CC(C)(C1)CC(C(N)c1cnccc1N)(C3)C2. The van der Waals surface area contributed by atoms with Crippen LogP contribution in [0, 0.1) is 22.2 Å². The Kier molecular flexibility index (Phi) is 2.59. The molecule has 114 valence electrons. The molecule has 4 bridgehead atoms. The van der Waals surface area contributed by atoms with Gasteiger partial charge in [-0.2, -0.15) is 0 Å². The Hall–Kier alpha value is -1.09. The van der Waals surface area contributed by atoms with E-state index in [4.69, 9.17) is 11.5 Å². The molecule has 21 heavy (non-hydrogen) atoms. The lowest BCUT2D eigenvalue weighted by molar-refractivity contribution is -0.154. The highest BCUT2D eigenvalue weighted by Gasteiger charge is 2.61. The molecule has 4 fully saturated rings. The van der Waals surface area contributed by atoms with E-state index in [-0.39, 0.29) is 11.5 Å². The Morgan fingerprint density at radius 2 is 1.81 bits per heavy atom. The van der Waals surface area contributed by atoms with Gasteiger partial charge in [-0.15, -0.1) is 0 Å². The van der Waals surface area contributed by atoms with E-state index in [2.05, 4.69) is 18.8 Å². The molecule has 1 aromatic rings. The van der Waals surface area contributed by atoms with Gasteiger partial charge in [-0.25, -0.2) is 0 Å². The molecule has 3 unspecified atom stereocenters. The lowest BCUT2D eigenvalue weighted by Gasteiger charge is -2.67. The maximum absolute atomic E-state index is 6.79. The highest BCUT2D eigenvalue weighted by molar-refractivity contribution is 5.47. The standard InChI is InChI=1S/C18H27N3/c1-16-5-12-6-17(2,9-16)11-18(7-12,10-16)15(20)13-8-21-4-3-14(13)19/h3-4,8,12,15H,5-7,9-11,20H2,1-2H3,(H2,19,21). The Morgan fingerprint density at radius 1 is 1.14 bits per heavy atom. The number of nitrogens with zero attached hydrogens (tertiary/aromatic N) is 1. The van der Waals surface area contributed by atoms with Crippen molar-refractivity contribution in [1.82, 2.24) is 4.98 Å². The van der Waals surface area contributed by atoms with Crippen molar-refractivity contribution in [3.8, 4) is 0 Å². The van der Waals surface area contributed by atoms with Crippen molar-refractivity contribution >= 4 is 5.69 Å². The van der Waals surface area contributed by atoms with E-state index in [0.29, 0.717) is 10.8 Å². The highest BCUT2D eigenvalue weighted by atomic mass is 14.8. The molecular weight excluding hydrogens is 258 g/mol. The summed E-state index contributed by atoms with van der Waals surface area (Å²) >= 11 is 0. The number of nitrogens with two attached hydrogens (primary N) is 2. The molecule has 0 saturated heterocycles. The molecule has 1 aromatic heterocycles. The minimum atomic E-state index is 0.0354. The molecule has 0 amide bonds. The van der Waals surface area contributed by atoms with Crippen LogP contribution >= 0.6 is 0 Å². The van der Waals surface area contributed by atoms with Crippen LogP contribution in [0.25, 0.3) is 0 Å². The summed E-state index contributed by atoms with van der Waals surface area (Å²) in [4.78, 5) is 4.27. The Bertz CT molecular complexity index is 564. The second kappa shape index (κ2) is 4.01. The van der Waals surface area contributed by atoms with Gasteiger partial charge in [0.2, 0.25) is 0 Å². The minimum absolute atomic E-state index is 0.0354. The molecule has 3 atom stereocenters. The zero-order valence-corrected chi connectivity index (χ0v) is 13.2. The van der Waals surface area contributed by atoms with Crippen LogP contribution in [0.2, 0.25) is 0 Å². The predicted octanol–water partition coefficient (Wildman–Crippen LogP) is 3.66. The van der Waals surface area contributed by atoms with Crippen molar-refractivity contribution in [2.75, 3.05) is 5.73 Å². The quantitative estimate of drug-likeness (QED) is 0.871. The zero-order chi connectivity index (χ0) is 14.9. The van der Waals surface area contributed by atoms with Crippen molar-refractivity contribution in [2.45, 2.75) is 58.4 Å². The van der Waals surface area contributed by atoms with Crippen LogP contribution in [0.5, 0.6) is 0 Å². The maximum Gasteiger partial charge on any atom is 0.0393 e. The first-order chi connectivity index (χ1) is 9.83. The van der Waals surface area contributed by atoms with Gasteiger partial charge in [0, 0.05) is 29.7 Å². The Balaban J connectivity index is 1.76. The smallest absolute Gasteiger partial charge is 0.0393 e. The Labute approximate surface area is 127 Å². The second-order valence-corrected chi connectivity index (χ2v) is 8.97. The average Bonchev–Trinajstić information content (AvgIpc) is 2.34. The monoisotopic (exact) mass is 285 g/mol. The number of nitrogen functional groups attached to an aromatic ring is 1. The van der Waals surface area contributed by atoms with Gasteiger partial charge in [-0.05, 0) is 66.8 Å². The van der Waals surface area contributed by atoms with E-state index in [1.165, 1.54) is 38.5 Å². The number of hydrogen-bond acceptors (Lipinski definition) is 3. The Morgan fingerprint density at radius 3 is 2.38 bits per heavy atom. The van der Waals surface area contributed by atoms with Gasteiger partial charge in [-0.1, -0.05) is 13.8 Å².